The molecule has 0 heterocycles. The van der Waals surface area contributed by atoms with E-state index in [0.29, 0.717) is 6.42 Å². The van der Waals surface area contributed by atoms with Gasteiger partial charge in [0.05, 0.1) is 6.54 Å². The van der Waals surface area contributed by atoms with Gasteiger partial charge >= 0.3 is 5.97 Å². The molecule has 0 fully saturated rings. The van der Waals surface area contributed by atoms with E-state index < -0.39 is 41.8 Å². The van der Waals surface area contributed by atoms with Gasteiger partial charge in [0, 0.05) is 0 Å². The van der Waals surface area contributed by atoms with Crippen molar-refractivity contribution in [2.45, 2.75) is 59.2 Å². The number of nitrogens with one attached hydrogen (secondary N) is 3. The van der Waals surface area contributed by atoms with Gasteiger partial charge in [-0.25, -0.2) is 0 Å². The van der Waals surface area contributed by atoms with E-state index in [2.05, 4.69) is 16.0 Å². The molecule has 0 rings (SSSR count). The predicted octanol–water partition coefficient (Wildman–Crippen LogP) is -0.794. The molecule has 0 aliphatic rings. The van der Waals surface area contributed by atoms with Crippen LogP contribution in [0, 0.1) is 11.8 Å². The van der Waals surface area contributed by atoms with Crippen LogP contribution in [0.2, 0.25) is 0 Å². The first-order valence-electron chi connectivity index (χ1n) is 8.38. The highest BCUT2D eigenvalue weighted by Gasteiger charge is 2.32. The summed E-state index contributed by atoms with van der Waals surface area (Å²) in [4.78, 5) is 47.3. The molecule has 144 valence electrons. The maximum absolute atomic E-state index is 12.5. The Morgan fingerprint density at radius 2 is 1.44 bits per heavy atom. The van der Waals surface area contributed by atoms with Crippen molar-refractivity contribution in [1.29, 1.82) is 0 Å². The summed E-state index contributed by atoms with van der Waals surface area (Å²) in [6, 6.07) is -2.82. The Labute approximate surface area is 148 Å². The van der Waals surface area contributed by atoms with Gasteiger partial charge in [-0.15, -0.1) is 0 Å². The van der Waals surface area contributed by atoms with Gasteiger partial charge in [0.2, 0.25) is 17.7 Å². The van der Waals surface area contributed by atoms with Gasteiger partial charge in [-0.05, 0) is 18.8 Å². The molecule has 6 N–H and O–H groups in total. The van der Waals surface area contributed by atoms with E-state index in [0.717, 1.165) is 0 Å². The molecule has 4 atom stereocenters. The molecule has 0 aromatic heterocycles. The summed E-state index contributed by atoms with van der Waals surface area (Å²) < 4.78 is 0. The quantitative estimate of drug-likeness (QED) is 0.345. The summed E-state index contributed by atoms with van der Waals surface area (Å²) in [6.07, 6.45) is 0.599. The lowest BCUT2D eigenvalue weighted by atomic mass is 9.96. The molecule has 0 aromatic rings. The first-order chi connectivity index (χ1) is 11.5. The van der Waals surface area contributed by atoms with E-state index >= 15 is 0 Å². The zero-order valence-corrected chi connectivity index (χ0v) is 15.5. The van der Waals surface area contributed by atoms with Crippen molar-refractivity contribution in [3.63, 3.8) is 0 Å². The molecule has 9 heteroatoms. The fraction of sp³-hybridized carbons (Fsp3) is 0.750. The topological polar surface area (TPSA) is 151 Å². The number of rotatable bonds is 10. The standard InChI is InChI=1S/C16H30N4O5/c1-6-9(4)13(15(23)18-10(5)16(24)25)20-14(22)12(8(2)3)19-11(21)7-17/h8-10,12-13H,6-7,17H2,1-5H3,(H,18,23)(H,19,21)(H,20,22)(H,24,25). The van der Waals surface area contributed by atoms with Crippen LogP contribution in [0.15, 0.2) is 0 Å². The molecule has 0 saturated heterocycles. The minimum Gasteiger partial charge on any atom is -0.480 e. The monoisotopic (exact) mass is 358 g/mol. The van der Waals surface area contributed by atoms with Crippen LogP contribution in [0.5, 0.6) is 0 Å². The van der Waals surface area contributed by atoms with E-state index in [1.165, 1.54) is 6.92 Å². The number of hydrogen-bond acceptors (Lipinski definition) is 5. The van der Waals surface area contributed by atoms with Crippen molar-refractivity contribution in [2.75, 3.05) is 6.54 Å². The van der Waals surface area contributed by atoms with Crippen LogP contribution in [0.3, 0.4) is 0 Å². The second-order valence-electron chi connectivity index (χ2n) is 6.43. The Morgan fingerprint density at radius 3 is 1.84 bits per heavy atom. The van der Waals surface area contributed by atoms with E-state index in [-0.39, 0.29) is 18.4 Å². The number of hydrogen-bond donors (Lipinski definition) is 5. The average Bonchev–Trinajstić information content (AvgIpc) is 2.55. The minimum absolute atomic E-state index is 0.214. The highest BCUT2D eigenvalue weighted by Crippen LogP contribution is 2.10. The molecule has 0 aliphatic carbocycles. The molecule has 4 unspecified atom stereocenters. The third-order valence-corrected chi connectivity index (χ3v) is 3.97. The Kier molecular flexibility index (Phi) is 9.73. The van der Waals surface area contributed by atoms with Crippen LogP contribution >= 0.6 is 0 Å². The van der Waals surface area contributed by atoms with Gasteiger partial charge < -0.3 is 26.8 Å². The largest absolute Gasteiger partial charge is 0.480 e. The number of nitrogens with two attached hydrogens (primary N) is 1. The molecule has 3 amide bonds. The van der Waals surface area contributed by atoms with Gasteiger partial charge in [0.15, 0.2) is 0 Å². The molecule has 0 radical (unpaired) electrons. The van der Waals surface area contributed by atoms with E-state index in [4.69, 9.17) is 10.8 Å². The van der Waals surface area contributed by atoms with Gasteiger partial charge in [-0.2, -0.15) is 0 Å². The summed E-state index contributed by atoms with van der Waals surface area (Å²) in [5.41, 5.74) is 5.26. The molecule has 9 nitrogen and oxygen atoms in total. The SMILES string of the molecule is CCC(C)C(NC(=O)C(NC(=O)CN)C(C)C)C(=O)NC(C)C(=O)O. The lowest BCUT2D eigenvalue weighted by molar-refractivity contribution is -0.142. The smallest absolute Gasteiger partial charge is 0.325 e. The van der Waals surface area contributed by atoms with Crippen LogP contribution in [-0.2, 0) is 19.2 Å². The second kappa shape index (κ2) is 10.7. The minimum atomic E-state index is -1.17. The van der Waals surface area contributed by atoms with Crippen LogP contribution in [0.1, 0.15) is 41.0 Å². The number of carbonyl (C=O) groups is 4. The van der Waals surface area contributed by atoms with E-state index in [1.54, 1.807) is 20.8 Å². The normalized spacial score (nSPS) is 15.6. The first kappa shape index (κ1) is 22.8. The van der Waals surface area contributed by atoms with Crippen LogP contribution < -0.4 is 21.7 Å². The van der Waals surface area contributed by atoms with Gasteiger partial charge in [-0.1, -0.05) is 34.1 Å². The fourth-order valence-electron chi connectivity index (χ4n) is 2.08. The summed E-state index contributed by atoms with van der Waals surface area (Å²) >= 11 is 0. The highest BCUT2D eigenvalue weighted by atomic mass is 16.4. The summed E-state index contributed by atoms with van der Waals surface area (Å²) in [6.45, 7) is 8.24. The first-order valence-corrected chi connectivity index (χ1v) is 8.38. The Morgan fingerprint density at radius 1 is 0.920 bits per heavy atom. The van der Waals surface area contributed by atoms with Crippen LogP contribution in [-0.4, -0.2) is 53.5 Å². The summed E-state index contributed by atoms with van der Waals surface area (Å²) in [5.74, 6) is -3.17. The molecule has 0 spiro atoms. The van der Waals surface area contributed by atoms with Crippen molar-refractivity contribution in [3.8, 4) is 0 Å². The Bertz CT molecular complexity index is 495. The third kappa shape index (κ3) is 7.51. The third-order valence-electron chi connectivity index (χ3n) is 3.97. The molecule has 25 heavy (non-hydrogen) atoms. The zero-order valence-electron chi connectivity index (χ0n) is 15.5. The van der Waals surface area contributed by atoms with Crippen molar-refractivity contribution < 1.29 is 24.3 Å². The van der Waals surface area contributed by atoms with Gasteiger partial charge in [0.1, 0.15) is 18.1 Å². The molecule has 0 bridgehead atoms. The number of aliphatic carboxylic acids is 1. The maximum Gasteiger partial charge on any atom is 0.325 e. The molecular formula is C16H30N4O5. The Balaban J connectivity index is 5.22. The fourth-order valence-corrected chi connectivity index (χ4v) is 2.08. The zero-order chi connectivity index (χ0) is 19.7. The summed E-state index contributed by atoms with van der Waals surface area (Å²) in [7, 11) is 0. The van der Waals surface area contributed by atoms with Crippen molar-refractivity contribution in [2.24, 2.45) is 17.6 Å². The van der Waals surface area contributed by atoms with Crippen molar-refractivity contribution >= 4 is 23.7 Å². The molecule has 0 aromatic carbocycles. The van der Waals surface area contributed by atoms with E-state index in [9.17, 15) is 19.2 Å². The van der Waals surface area contributed by atoms with Crippen LogP contribution in [0.4, 0.5) is 0 Å². The lowest BCUT2D eigenvalue weighted by Crippen LogP contribution is -2.58. The van der Waals surface area contributed by atoms with Crippen LogP contribution in [0.25, 0.3) is 0 Å². The van der Waals surface area contributed by atoms with Gasteiger partial charge in [-0.3, -0.25) is 19.2 Å². The number of carboxylic acids is 1. The van der Waals surface area contributed by atoms with E-state index in [1.807, 2.05) is 6.92 Å². The molecular weight excluding hydrogens is 328 g/mol. The molecule has 0 saturated carbocycles. The predicted molar refractivity (Wildman–Crippen MR) is 92.4 cm³/mol. The number of carboxylic acid groups (broad SMARTS) is 1. The summed E-state index contributed by atoms with van der Waals surface area (Å²) in [5, 5.41) is 16.4. The Hall–Kier alpha value is -2.16. The molecule has 0 aliphatic heterocycles. The highest BCUT2D eigenvalue weighted by molar-refractivity contribution is 5.93. The number of amides is 3. The lowest BCUT2D eigenvalue weighted by Gasteiger charge is -2.28. The van der Waals surface area contributed by atoms with Crippen molar-refractivity contribution in [1.82, 2.24) is 16.0 Å². The number of carbonyl (C=O) groups excluding carboxylic acids is 3. The maximum atomic E-state index is 12.5. The van der Waals surface area contributed by atoms with Crippen molar-refractivity contribution in [3.05, 3.63) is 0 Å². The second-order valence-corrected chi connectivity index (χ2v) is 6.43. The average molecular weight is 358 g/mol. The van der Waals surface area contributed by atoms with Gasteiger partial charge in [0.25, 0.3) is 0 Å².